The first-order chi connectivity index (χ1) is 9.45. The number of aryl methyl sites for hydroxylation is 1. The van der Waals surface area contributed by atoms with Gasteiger partial charge in [0.2, 0.25) is 0 Å². The monoisotopic (exact) mass is 279 g/mol. The molecule has 1 rings (SSSR count). The minimum absolute atomic E-state index is 0.232. The number of carboxylic acid groups (broad SMARTS) is 1. The summed E-state index contributed by atoms with van der Waals surface area (Å²) in [6.07, 6.45) is 1.41. The lowest BCUT2D eigenvalue weighted by Crippen LogP contribution is -2.28. The summed E-state index contributed by atoms with van der Waals surface area (Å²) in [7, 11) is 0. The highest BCUT2D eigenvalue weighted by atomic mass is 16.5. The van der Waals surface area contributed by atoms with Crippen LogP contribution in [0.15, 0.2) is 18.2 Å². The zero-order chi connectivity index (χ0) is 15.1. The molecule has 0 aromatic heterocycles. The standard InChI is InChI=1S/C15H21NO4/c1-4-5-8-20-11(3)14(17)16-12-6-7-13(15(18)19)10(2)9-12/h6-7,9,11H,4-5,8H2,1-3H3,(H,16,17)(H,18,19). The summed E-state index contributed by atoms with van der Waals surface area (Å²) in [4.78, 5) is 22.8. The Kier molecular flexibility index (Phi) is 6.18. The van der Waals surface area contributed by atoms with Crippen LogP contribution in [-0.4, -0.2) is 29.7 Å². The maximum absolute atomic E-state index is 11.9. The summed E-state index contributed by atoms with van der Waals surface area (Å²) in [6, 6.07) is 4.70. The first kappa shape index (κ1) is 16.2. The Labute approximate surface area is 118 Å². The first-order valence-electron chi connectivity index (χ1n) is 6.72. The molecular formula is C15H21NO4. The summed E-state index contributed by atoms with van der Waals surface area (Å²) in [5.41, 5.74) is 1.41. The molecule has 110 valence electrons. The maximum Gasteiger partial charge on any atom is 0.335 e. The molecule has 1 aromatic rings. The number of carbonyl (C=O) groups is 2. The number of aromatic carboxylic acids is 1. The van der Waals surface area contributed by atoms with Gasteiger partial charge in [0, 0.05) is 12.3 Å². The number of ether oxygens (including phenoxy) is 1. The average molecular weight is 279 g/mol. The zero-order valence-electron chi connectivity index (χ0n) is 12.1. The summed E-state index contributed by atoms with van der Waals surface area (Å²) in [5, 5.41) is 11.7. The zero-order valence-corrected chi connectivity index (χ0v) is 12.1. The van der Waals surface area contributed by atoms with Crippen molar-refractivity contribution in [3.63, 3.8) is 0 Å². The van der Waals surface area contributed by atoms with Crippen molar-refractivity contribution < 1.29 is 19.4 Å². The molecule has 5 nitrogen and oxygen atoms in total. The highest BCUT2D eigenvalue weighted by molar-refractivity contribution is 5.95. The Bertz CT molecular complexity index is 485. The lowest BCUT2D eigenvalue weighted by atomic mass is 10.1. The van der Waals surface area contributed by atoms with Gasteiger partial charge in [-0.05, 0) is 44.0 Å². The molecule has 1 unspecified atom stereocenters. The lowest BCUT2D eigenvalue weighted by Gasteiger charge is -2.13. The van der Waals surface area contributed by atoms with Crippen molar-refractivity contribution in [2.75, 3.05) is 11.9 Å². The highest BCUT2D eigenvalue weighted by Crippen LogP contribution is 2.15. The molecule has 0 aliphatic heterocycles. The number of benzene rings is 1. The normalized spacial score (nSPS) is 11.9. The fourth-order valence-electron chi connectivity index (χ4n) is 1.71. The van der Waals surface area contributed by atoms with Crippen LogP contribution in [0, 0.1) is 6.92 Å². The van der Waals surface area contributed by atoms with Gasteiger partial charge in [0.1, 0.15) is 6.10 Å². The molecule has 0 spiro atoms. The second-order valence-corrected chi connectivity index (χ2v) is 4.69. The Morgan fingerprint density at radius 1 is 1.40 bits per heavy atom. The SMILES string of the molecule is CCCCOC(C)C(=O)Nc1ccc(C(=O)O)c(C)c1. The molecule has 20 heavy (non-hydrogen) atoms. The van der Waals surface area contributed by atoms with E-state index >= 15 is 0 Å². The number of hydrogen-bond donors (Lipinski definition) is 2. The molecule has 2 N–H and O–H groups in total. The quantitative estimate of drug-likeness (QED) is 0.752. The third kappa shape index (κ3) is 4.66. The van der Waals surface area contributed by atoms with Crippen molar-refractivity contribution in [2.24, 2.45) is 0 Å². The minimum atomic E-state index is -0.975. The maximum atomic E-state index is 11.9. The number of amides is 1. The molecule has 0 aliphatic carbocycles. The topological polar surface area (TPSA) is 75.6 Å². The van der Waals surface area contributed by atoms with E-state index in [0.29, 0.717) is 17.9 Å². The molecule has 1 amide bonds. The molecule has 0 aliphatic rings. The van der Waals surface area contributed by atoms with E-state index < -0.39 is 12.1 Å². The molecule has 1 atom stereocenters. The largest absolute Gasteiger partial charge is 0.478 e. The van der Waals surface area contributed by atoms with Gasteiger partial charge in [0.05, 0.1) is 5.56 Å². The van der Waals surface area contributed by atoms with Gasteiger partial charge in [-0.2, -0.15) is 0 Å². The van der Waals surface area contributed by atoms with Gasteiger partial charge in [0.25, 0.3) is 5.91 Å². The first-order valence-corrected chi connectivity index (χ1v) is 6.72. The molecule has 0 saturated heterocycles. The van der Waals surface area contributed by atoms with Gasteiger partial charge in [0.15, 0.2) is 0 Å². The Balaban J connectivity index is 2.62. The summed E-state index contributed by atoms with van der Waals surface area (Å²) in [5.74, 6) is -1.21. The molecule has 0 saturated carbocycles. The van der Waals surface area contributed by atoms with Crippen molar-refractivity contribution in [1.29, 1.82) is 0 Å². The number of unbranched alkanes of at least 4 members (excludes halogenated alkanes) is 1. The van der Waals surface area contributed by atoms with Gasteiger partial charge in [-0.25, -0.2) is 4.79 Å². The summed E-state index contributed by atoms with van der Waals surface area (Å²) in [6.45, 7) is 6.01. The van der Waals surface area contributed by atoms with E-state index in [1.54, 1.807) is 26.0 Å². The number of nitrogens with one attached hydrogen (secondary N) is 1. The van der Waals surface area contributed by atoms with Gasteiger partial charge in [-0.15, -0.1) is 0 Å². The van der Waals surface area contributed by atoms with E-state index in [-0.39, 0.29) is 11.5 Å². The molecule has 0 bridgehead atoms. The molecular weight excluding hydrogens is 258 g/mol. The lowest BCUT2D eigenvalue weighted by molar-refractivity contribution is -0.126. The highest BCUT2D eigenvalue weighted by Gasteiger charge is 2.14. The van der Waals surface area contributed by atoms with Crippen LogP contribution < -0.4 is 5.32 Å². The van der Waals surface area contributed by atoms with Crippen LogP contribution in [0.3, 0.4) is 0 Å². The van der Waals surface area contributed by atoms with Crippen LogP contribution in [0.5, 0.6) is 0 Å². The van der Waals surface area contributed by atoms with Crippen molar-refractivity contribution >= 4 is 17.6 Å². The second kappa shape index (κ2) is 7.65. The second-order valence-electron chi connectivity index (χ2n) is 4.69. The molecule has 0 heterocycles. The average Bonchev–Trinajstić information content (AvgIpc) is 2.38. The fourth-order valence-corrected chi connectivity index (χ4v) is 1.71. The number of carbonyl (C=O) groups excluding carboxylic acids is 1. The van der Waals surface area contributed by atoms with Crippen LogP contribution in [0.1, 0.15) is 42.6 Å². The smallest absolute Gasteiger partial charge is 0.335 e. The number of anilines is 1. The predicted octanol–water partition coefficient (Wildman–Crippen LogP) is 2.84. The van der Waals surface area contributed by atoms with Crippen LogP contribution in [0.2, 0.25) is 0 Å². The van der Waals surface area contributed by atoms with Crippen molar-refractivity contribution in [1.82, 2.24) is 0 Å². The Hall–Kier alpha value is -1.88. The van der Waals surface area contributed by atoms with E-state index in [1.165, 1.54) is 6.07 Å². The number of rotatable bonds is 7. The third-order valence-corrected chi connectivity index (χ3v) is 2.96. The van der Waals surface area contributed by atoms with E-state index in [2.05, 4.69) is 12.2 Å². The Morgan fingerprint density at radius 2 is 2.10 bits per heavy atom. The van der Waals surface area contributed by atoms with Crippen LogP contribution in [0.25, 0.3) is 0 Å². The number of carboxylic acids is 1. The predicted molar refractivity (Wildman–Crippen MR) is 77.1 cm³/mol. The van der Waals surface area contributed by atoms with E-state index in [4.69, 9.17) is 9.84 Å². The molecule has 1 aromatic carbocycles. The third-order valence-electron chi connectivity index (χ3n) is 2.96. The van der Waals surface area contributed by atoms with Crippen molar-refractivity contribution in [3.8, 4) is 0 Å². The molecule has 0 fully saturated rings. The number of hydrogen-bond acceptors (Lipinski definition) is 3. The van der Waals surface area contributed by atoms with E-state index in [1.807, 2.05) is 0 Å². The van der Waals surface area contributed by atoms with Gasteiger partial charge < -0.3 is 15.2 Å². The van der Waals surface area contributed by atoms with Gasteiger partial charge in [-0.3, -0.25) is 4.79 Å². The summed E-state index contributed by atoms with van der Waals surface area (Å²) >= 11 is 0. The van der Waals surface area contributed by atoms with Gasteiger partial charge >= 0.3 is 5.97 Å². The molecule has 5 heteroatoms. The van der Waals surface area contributed by atoms with E-state index in [9.17, 15) is 9.59 Å². The van der Waals surface area contributed by atoms with Crippen molar-refractivity contribution in [2.45, 2.75) is 39.7 Å². The minimum Gasteiger partial charge on any atom is -0.478 e. The van der Waals surface area contributed by atoms with Crippen LogP contribution >= 0.6 is 0 Å². The fraction of sp³-hybridized carbons (Fsp3) is 0.467. The van der Waals surface area contributed by atoms with Crippen LogP contribution in [-0.2, 0) is 9.53 Å². The van der Waals surface area contributed by atoms with Crippen LogP contribution in [0.4, 0.5) is 5.69 Å². The molecule has 0 radical (unpaired) electrons. The van der Waals surface area contributed by atoms with Crippen molar-refractivity contribution in [3.05, 3.63) is 29.3 Å². The van der Waals surface area contributed by atoms with E-state index in [0.717, 1.165) is 12.8 Å². The Morgan fingerprint density at radius 3 is 2.65 bits per heavy atom. The van der Waals surface area contributed by atoms with Gasteiger partial charge in [-0.1, -0.05) is 13.3 Å². The summed E-state index contributed by atoms with van der Waals surface area (Å²) < 4.78 is 5.40.